The average Bonchev–Trinajstić information content (AvgIpc) is 2.38. The fourth-order valence-corrected chi connectivity index (χ4v) is 2.98. The van der Waals surface area contributed by atoms with E-state index in [1.807, 2.05) is 13.8 Å². The van der Waals surface area contributed by atoms with Crippen molar-refractivity contribution in [3.8, 4) is 0 Å². The Bertz CT molecular complexity index is 448. The Labute approximate surface area is 122 Å². The Kier molecular flexibility index (Phi) is 5.18. The van der Waals surface area contributed by atoms with Crippen LogP contribution < -0.4 is 10.2 Å². The first-order chi connectivity index (χ1) is 9.54. The summed E-state index contributed by atoms with van der Waals surface area (Å²) in [4.78, 5) is 13.6. The number of aryl methyl sites for hydroxylation is 1. The van der Waals surface area contributed by atoms with Crippen molar-refractivity contribution >= 4 is 5.91 Å². The molecular weight excluding hydrogens is 248 g/mol. The van der Waals surface area contributed by atoms with E-state index in [-0.39, 0.29) is 17.9 Å². The van der Waals surface area contributed by atoms with Gasteiger partial charge in [-0.2, -0.15) is 0 Å². The minimum Gasteiger partial charge on any atom is -0.354 e. The number of hydrogen-bond donors (Lipinski definition) is 2. The number of quaternary nitrogens is 1. The smallest absolute Gasteiger partial charge is 0.223 e. The van der Waals surface area contributed by atoms with Gasteiger partial charge in [-0.3, -0.25) is 4.79 Å². The first kappa shape index (κ1) is 15.0. The summed E-state index contributed by atoms with van der Waals surface area (Å²) in [6.07, 6.45) is 2.03. The predicted molar refractivity (Wildman–Crippen MR) is 81.6 cm³/mol. The Morgan fingerprint density at radius 3 is 2.65 bits per heavy atom. The molecule has 1 saturated heterocycles. The lowest BCUT2D eigenvalue weighted by Gasteiger charge is -2.29. The SMILES string of the molecule is Cc1cccc(C[NH+]2CCC(C(=O)NC(C)C)CC2)c1. The quantitative estimate of drug-likeness (QED) is 0.853. The molecule has 0 radical (unpaired) electrons. The van der Waals surface area contributed by atoms with Crippen molar-refractivity contribution in [2.75, 3.05) is 13.1 Å². The number of hydrogen-bond acceptors (Lipinski definition) is 1. The number of piperidine rings is 1. The van der Waals surface area contributed by atoms with Gasteiger partial charge >= 0.3 is 0 Å². The number of amides is 1. The number of nitrogens with one attached hydrogen (secondary N) is 2. The number of benzene rings is 1. The lowest BCUT2D eigenvalue weighted by Crippen LogP contribution is -3.11. The van der Waals surface area contributed by atoms with Crippen LogP contribution in [0.3, 0.4) is 0 Å². The highest BCUT2D eigenvalue weighted by Gasteiger charge is 2.27. The lowest BCUT2D eigenvalue weighted by atomic mass is 9.95. The second-order valence-corrected chi connectivity index (χ2v) is 6.35. The van der Waals surface area contributed by atoms with Crippen molar-refractivity contribution in [2.45, 2.75) is 46.2 Å². The maximum absolute atomic E-state index is 12.0. The van der Waals surface area contributed by atoms with Crippen LogP contribution in [-0.4, -0.2) is 25.0 Å². The van der Waals surface area contributed by atoms with E-state index in [4.69, 9.17) is 0 Å². The van der Waals surface area contributed by atoms with Crippen LogP contribution in [0.4, 0.5) is 0 Å². The maximum Gasteiger partial charge on any atom is 0.223 e. The van der Waals surface area contributed by atoms with Gasteiger partial charge in [-0.1, -0.05) is 29.8 Å². The maximum atomic E-state index is 12.0. The molecule has 0 saturated carbocycles. The highest BCUT2D eigenvalue weighted by molar-refractivity contribution is 5.78. The normalized spacial score (nSPS) is 22.8. The highest BCUT2D eigenvalue weighted by atomic mass is 16.1. The van der Waals surface area contributed by atoms with Crippen molar-refractivity contribution in [2.24, 2.45) is 5.92 Å². The molecule has 1 fully saturated rings. The summed E-state index contributed by atoms with van der Waals surface area (Å²) in [5.74, 6) is 0.466. The second kappa shape index (κ2) is 6.89. The number of carbonyl (C=O) groups is 1. The molecule has 0 aromatic heterocycles. The third-order valence-electron chi connectivity index (χ3n) is 4.03. The molecule has 0 spiro atoms. The summed E-state index contributed by atoms with van der Waals surface area (Å²) in [5, 5.41) is 3.04. The van der Waals surface area contributed by atoms with Gasteiger partial charge in [-0.05, 0) is 20.8 Å². The van der Waals surface area contributed by atoms with Crippen LogP contribution in [0.2, 0.25) is 0 Å². The van der Waals surface area contributed by atoms with Crippen molar-refractivity contribution < 1.29 is 9.69 Å². The number of likely N-dealkylation sites (tertiary alicyclic amines) is 1. The van der Waals surface area contributed by atoms with E-state index in [9.17, 15) is 4.79 Å². The van der Waals surface area contributed by atoms with Gasteiger partial charge in [-0.25, -0.2) is 0 Å². The number of carbonyl (C=O) groups excluding carboxylic acids is 1. The zero-order valence-electron chi connectivity index (χ0n) is 12.9. The first-order valence-electron chi connectivity index (χ1n) is 7.74. The Hall–Kier alpha value is -1.35. The third kappa shape index (κ3) is 4.34. The summed E-state index contributed by atoms with van der Waals surface area (Å²) in [6.45, 7) is 9.47. The average molecular weight is 275 g/mol. The molecule has 0 atom stereocenters. The molecule has 20 heavy (non-hydrogen) atoms. The summed E-state index contributed by atoms with van der Waals surface area (Å²) < 4.78 is 0. The Morgan fingerprint density at radius 1 is 1.35 bits per heavy atom. The monoisotopic (exact) mass is 275 g/mol. The van der Waals surface area contributed by atoms with Crippen LogP contribution >= 0.6 is 0 Å². The molecule has 1 amide bonds. The minimum absolute atomic E-state index is 0.221. The molecule has 0 unspecified atom stereocenters. The molecule has 1 aliphatic heterocycles. The molecule has 1 aromatic rings. The lowest BCUT2D eigenvalue weighted by molar-refractivity contribution is -0.919. The standard InChI is InChI=1S/C17H26N2O/c1-13(2)18-17(20)16-7-9-19(10-8-16)12-15-6-4-5-14(3)11-15/h4-6,11,13,16H,7-10,12H2,1-3H3,(H,18,20)/p+1. The second-order valence-electron chi connectivity index (χ2n) is 6.35. The van der Waals surface area contributed by atoms with Gasteiger partial charge in [0.05, 0.1) is 13.1 Å². The summed E-state index contributed by atoms with van der Waals surface area (Å²) >= 11 is 0. The van der Waals surface area contributed by atoms with Gasteiger partial charge in [0.25, 0.3) is 0 Å². The molecule has 2 rings (SSSR count). The zero-order valence-corrected chi connectivity index (χ0v) is 12.9. The van der Waals surface area contributed by atoms with Gasteiger partial charge in [0.2, 0.25) is 5.91 Å². The van der Waals surface area contributed by atoms with Gasteiger partial charge in [-0.15, -0.1) is 0 Å². The topological polar surface area (TPSA) is 33.5 Å². The van der Waals surface area contributed by atoms with E-state index in [2.05, 4.69) is 36.5 Å². The van der Waals surface area contributed by atoms with E-state index in [0.717, 1.165) is 32.5 Å². The molecule has 2 N–H and O–H groups in total. The van der Waals surface area contributed by atoms with Crippen LogP contribution in [0.15, 0.2) is 24.3 Å². The van der Waals surface area contributed by atoms with Crippen LogP contribution in [-0.2, 0) is 11.3 Å². The predicted octanol–water partition coefficient (Wildman–Crippen LogP) is 1.31. The summed E-state index contributed by atoms with van der Waals surface area (Å²) in [5.41, 5.74) is 2.73. The van der Waals surface area contributed by atoms with Crippen LogP contribution in [0, 0.1) is 12.8 Å². The fraction of sp³-hybridized carbons (Fsp3) is 0.588. The van der Waals surface area contributed by atoms with E-state index in [0.29, 0.717) is 0 Å². The van der Waals surface area contributed by atoms with E-state index in [1.54, 1.807) is 4.90 Å². The van der Waals surface area contributed by atoms with Crippen molar-refractivity contribution in [3.63, 3.8) is 0 Å². The highest BCUT2D eigenvalue weighted by Crippen LogP contribution is 2.10. The first-order valence-corrected chi connectivity index (χ1v) is 7.74. The molecule has 1 aliphatic rings. The molecule has 0 aliphatic carbocycles. The van der Waals surface area contributed by atoms with Gasteiger partial charge in [0.1, 0.15) is 6.54 Å². The Balaban J connectivity index is 1.81. The van der Waals surface area contributed by atoms with E-state index < -0.39 is 0 Å². The third-order valence-corrected chi connectivity index (χ3v) is 4.03. The summed E-state index contributed by atoms with van der Waals surface area (Å²) in [7, 11) is 0. The fourth-order valence-electron chi connectivity index (χ4n) is 2.98. The number of rotatable bonds is 4. The molecule has 1 heterocycles. The van der Waals surface area contributed by atoms with Crippen molar-refractivity contribution in [1.82, 2.24) is 5.32 Å². The molecule has 1 aromatic carbocycles. The van der Waals surface area contributed by atoms with Crippen LogP contribution in [0.25, 0.3) is 0 Å². The van der Waals surface area contributed by atoms with Crippen LogP contribution in [0.5, 0.6) is 0 Å². The molecular formula is C17H27N2O+. The van der Waals surface area contributed by atoms with Crippen molar-refractivity contribution in [1.29, 1.82) is 0 Å². The van der Waals surface area contributed by atoms with Gasteiger partial charge < -0.3 is 10.2 Å². The minimum atomic E-state index is 0.221. The molecule has 3 heteroatoms. The Morgan fingerprint density at radius 2 is 2.05 bits per heavy atom. The summed E-state index contributed by atoms with van der Waals surface area (Å²) in [6, 6.07) is 9.00. The molecule has 3 nitrogen and oxygen atoms in total. The molecule has 0 bridgehead atoms. The van der Waals surface area contributed by atoms with Gasteiger partial charge in [0, 0.05) is 30.4 Å². The largest absolute Gasteiger partial charge is 0.354 e. The van der Waals surface area contributed by atoms with Crippen molar-refractivity contribution in [3.05, 3.63) is 35.4 Å². The van der Waals surface area contributed by atoms with E-state index in [1.165, 1.54) is 11.1 Å². The van der Waals surface area contributed by atoms with Crippen LogP contribution in [0.1, 0.15) is 37.8 Å². The van der Waals surface area contributed by atoms with Gasteiger partial charge in [0.15, 0.2) is 0 Å². The molecule has 110 valence electrons. The van der Waals surface area contributed by atoms with E-state index >= 15 is 0 Å². The zero-order chi connectivity index (χ0) is 14.5.